The number of nitrogens with one attached hydrogen (secondary N) is 2. The fraction of sp³-hybridized carbons (Fsp3) is 0.0667. The van der Waals surface area contributed by atoms with Gasteiger partial charge in [0.05, 0.1) is 5.69 Å². The fourth-order valence-corrected chi connectivity index (χ4v) is 1.81. The van der Waals surface area contributed by atoms with Crippen molar-refractivity contribution in [3.8, 4) is 11.8 Å². The molecule has 0 spiro atoms. The minimum atomic E-state index is -0.484. The molecule has 0 bridgehead atoms. The Hall–Kier alpha value is -2.55. The van der Waals surface area contributed by atoms with Crippen molar-refractivity contribution < 1.29 is 9.90 Å². The van der Waals surface area contributed by atoms with Crippen molar-refractivity contribution in [1.82, 2.24) is 4.98 Å². The minimum Gasteiger partial charge on any atom is -0.384 e. The number of rotatable bonds is 2. The van der Waals surface area contributed by atoms with E-state index in [-0.39, 0.29) is 17.9 Å². The number of benzene rings is 1. The van der Waals surface area contributed by atoms with E-state index in [1.54, 1.807) is 18.2 Å². The van der Waals surface area contributed by atoms with Gasteiger partial charge in [-0.15, -0.1) is 0 Å². The van der Waals surface area contributed by atoms with Crippen molar-refractivity contribution in [3.05, 3.63) is 63.0 Å². The van der Waals surface area contributed by atoms with Crippen LogP contribution in [-0.2, 0) is 0 Å². The van der Waals surface area contributed by atoms with Crippen LogP contribution >= 0.6 is 11.6 Å². The SMILES string of the molecule is O=C(Nc1cc(Cl)ccc1C#CCO)c1cccc(=O)[nH]1. The van der Waals surface area contributed by atoms with E-state index in [0.29, 0.717) is 16.3 Å². The van der Waals surface area contributed by atoms with Gasteiger partial charge in [0.25, 0.3) is 5.91 Å². The third-order valence-corrected chi connectivity index (χ3v) is 2.78. The summed E-state index contributed by atoms with van der Waals surface area (Å²) >= 11 is 5.90. The lowest BCUT2D eigenvalue weighted by Crippen LogP contribution is -2.18. The summed E-state index contributed by atoms with van der Waals surface area (Å²) in [6.07, 6.45) is 0. The number of aromatic nitrogens is 1. The number of H-pyrrole nitrogens is 1. The zero-order valence-corrected chi connectivity index (χ0v) is 11.6. The topological polar surface area (TPSA) is 82.2 Å². The smallest absolute Gasteiger partial charge is 0.272 e. The molecular formula is C15H11ClN2O3. The highest BCUT2D eigenvalue weighted by Gasteiger charge is 2.09. The summed E-state index contributed by atoms with van der Waals surface area (Å²) in [7, 11) is 0. The largest absolute Gasteiger partial charge is 0.384 e. The second-order valence-corrected chi connectivity index (χ2v) is 4.47. The van der Waals surface area contributed by atoms with Gasteiger partial charge in [0.1, 0.15) is 12.3 Å². The first kappa shape index (κ1) is 14.9. The molecule has 1 amide bonds. The lowest BCUT2D eigenvalue weighted by molar-refractivity contribution is 0.102. The van der Waals surface area contributed by atoms with Gasteiger partial charge in [-0.05, 0) is 24.3 Å². The van der Waals surface area contributed by atoms with Crippen molar-refractivity contribution in [2.75, 3.05) is 11.9 Å². The summed E-state index contributed by atoms with van der Waals surface area (Å²) < 4.78 is 0. The van der Waals surface area contributed by atoms with E-state index < -0.39 is 5.91 Å². The molecule has 0 aliphatic rings. The molecule has 0 saturated heterocycles. The summed E-state index contributed by atoms with van der Waals surface area (Å²) in [5.74, 6) is 4.73. The molecule has 0 fully saturated rings. The van der Waals surface area contributed by atoms with Crippen molar-refractivity contribution >= 4 is 23.2 Å². The van der Waals surface area contributed by atoms with Crippen LogP contribution in [0.15, 0.2) is 41.2 Å². The Balaban J connectivity index is 2.32. The Labute approximate surface area is 125 Å². The highest BCUT2D eigenvalue weighted by molar-refractivity contribution is 6.31. The van der Waals surface area contributed by atoms with E-state index in [0.717, 1.165) is 0 Å². The van der Waals surface area contributed by atoms with E-state index in [2.05, 4.69) is 22.1 Å². The van der Waals surface area contributed by atoms with Gasteiger partial charge in [-0.25, -0.2) is 0 Å². The van der Waals surface area contributed by atoms with Gasteiger partial charge in [0.15, 0.2) is 0 Å². The average Bonchev–Trinajstić information content (AvgIpc) is 2.46. The molecule has 0 aliphatic carbocycles. The van der Waals surface area contributed by atoms with E-state index in [1.165, 1.54) is 18.2 Å². The molecule has 6 heteroatoms. The standard InChI is InChI=1S/C15H11ClN2O3/c16-11-7-6-10(3-2-8-19)13(9-11)18-15(21)12-4-1-5-14(20)17-12/h1,4-7,9,19H,8H2,(H,17,20)(H,18,21). The molecule has 21 heavy (non-hydrogen) atoms. The minimum absolute atomic E-state index is 0.128. The molecule has 5 nitrogen and oxygen atoms in total. The number of hydrogen-bond acceptors (Lipinski definition) is 3. The summed E-state index contributed by atoms with van der Waals surface area (Å²) in [5.41, 5.74) is 0.677. The second-order valence-electron chi connectivity index (χ2n) is 4.03. The molecule has 1 aromatic carbocycles. The second kappa shape index (κ2) is 6.75. The zero-order chi connectivity index (χ0) is 15.2. The zero-order valence-electron chi connectivity index (χ0n) is 10.8. The molecule has 0 atom stereocenters. The van der Waals surface area contributed by atoms with Crippen LogP contribution in [-0.4, -0.2) is 22.6 Å². The number of amides is 1. The van der Waals surface area contributed by atoms with Crippen LogP contribution in [0, 0.1) is 11.8 Å². The van der Waals surface area contributed by atoms with Gasteiger partial charge < -0.3 is 15.4 Å². The Bertz CT molecular complexity index is 787. The number of hydrogen-bond donors (Lipinski definition) is 3. The van der Waals surface area contributed by atoms with Gasteiger partial charge in [0, 0.05) is 16.7 Å². The number of carbonyl (C=O) groups is 1. The molecule has 2 aromatic rings. The Morgan fingerprint density at radius 1 is 1.33 bits per heavy atom. The maximum atomic E-state index is 12.1. The van der Waals surface area contributed by atoms with E-state index in [9.17, 15) is 9.59 Å². The Morgan fingerprint density at radius 3 is 2.86 bits per heavy atom. The van der Waals surface area contributed by atoms with Crippen LogP contribution in [0.2, 0.25) is 5.02 Å². The summed E-state index contributed by atoms with van der Waals surface area (Å²) in [4.78, 5) is 25.7. The Morgan fingerprint density at radius 2 is 2.14 bits per heavy atom. The van der Waals surface area contributed by atoms with Gasteiger partial charge in [-0.3, -0.25) is 9.59 Å². The lowest BCUT2D eigenvalue weighted by Gasteiger charge is -2.08. The maximum Gasteiger partial charge on any atom is 0.272 e. The summed E-state index contributed by atoms with van der Waals surface area (Å²) in [6.45, 7) is -0.290. The molecular weight excluding hydrogens is 292 g/mol. The van der Waals surface area contributed by atoms with Crippen LogP contribution in [0.25, 0.3) is 0 Å². The normalized spacial score (nSPS) is 9.62. The van der Waals surface area contributed by atoms with Gasteiger partial charge in [-0.1, -0.05) is 29.5 Å². The predicted molar refractivity (Wildman–Crippen MR) is 80.4 cm³/mol. The Kier molecular flexibility index (Phi) is 4.77. The molecule has 0 unspecified atom stereocenters. The van der Waals surface area contributed by atoms with Crippen LogP contribution in [0.4, 0.5) is 5.69 Å². The number of halogens is 1. The molecule has 0 aliphatic heterocycles. The highest BCUT2D eigenvalue weighted by Crippen LogP contribution is 2.20. The molecule has 0 saturated carbocycles. The van der Waals surface area contributed by atoms with Gasteiger partial charge in [-0.2, -0.15) is 0 Å². The average molecular weight is 303 g/mol. The van der Waals surface area contributed by atoms with Crippen LogP contribution in [0.5, 0.6) is 0 Å². The number of carbonyl (C=O) groups excluding carboxylic acids is 1. The maximum absolute atomic E-state index is 12.1. The summed E-state index contributed by atoms with van der Waals surface area (Å²) in [6, 6.07) is 9.09. The van der Waals surface area contributed by atoms with Crippen LogP contribution in [0.1, 0.15) is 16.1 Å². The summed E-state index contributed by atoms with van der Waals surface area (Å²) in [5, 5.41) is 11.8. The molecule has 1 heterocycles. The number of aliphatic hydroxyl groups is 1. The first-order valence-corrected chi connectivity index (χ1v) is 6.38. The molecule has 0 radical (unpaired) electrons. The van der Waals surface area contributed by atoms with E-state index in [1.807, 2.05) is 0 Å². The molecule has 1 aromatic heterocycles. The van der Waals surface area contributed by atoms with Crippen molar-refractivity contribution in [1.29, 1.82) is 0 Å². The van der Waals surface area contributed by atoms with E-state index in [4.69, 9.17) is 16.7 Å². The first-order chi connectivity index (χ1) is 10.1. The monoisotopic (exact) mass is 302 g/mol. The van der Waals surface area contributed by atoms with E-state index >= 15 is 0 Å². The third kappa shape index (κ3) is 3.96. The number of pyridine rings is 1. The quantitative estimate of drug-likeness (QED) is 0.737. The van der Waals surface area contributed by atoms with Gasteiger partial charge in [0.2, 0.25) is 5.56 Å². The highest BCUT2D eigenvalue weighted by atomic mass is 35.5. The first-order valence-electron chi connectivity index (χ1n) is 6.00. The van der Waals surface area contributed by atoms with Crippen molar-refractivity contribution in [2.24, 2.45) is 0 Å². The predicted octanol–water partition coefficient (Wildman–Crippen LogP) is 1.62. The number of anilines is 1. The van der Waals surface area contributed by atoms with Crippen LogP contribution < -0.4 is 10.9 Å². The number of aromatic amines is 1. The molecule has 2 rings (SSSR count). The van der Waals surface area contributed by atoms with Crippen molar-refractivity contribution in [3.63, 3.8) is 0 Å². The lowest BCUT2D eigenvalue weighted by atomic mass is 10.1. The number of aliphatic hydroxyl groups excluding tert-OH is 1. The third-order valence-electron chi connectivity index (χ3n) is 2.54. The van der Waals surface area contributed by atoms with Crippen LogP contribution in [0.3, 0.4) is 0 Å². The molecule has 3 N–H and O–H groups in total. The molecule has 106 valence electrons. The van der Waals surface area contributed by atoms with Crippen molar-refractivity contribution in [2.45, 2.75) is 0 Å². The van der Waals surface area contributed by atoms with Gasteiger partial charge >= 0.3 is 0 Å². The fourth-order valence-electron chi connectivity index (χ4n) is 1.63.